The molecule has 0 N–H and O–H groups in total. The largest absolute Gasteiger partial charge is 0.473 e. The monoisotopic (exact) mass is 357 g/mol. The molecule has 2 unspecified atom stereocenters. The number of hydrogen-bond donors (Lipinski definition) is 0. The van der Waals surface area contributed by atoms with E-state index in [2.05, 4.69) is 4.98 Å². The number of sulfone groups is 1. The van der Waals surface area contributed by atoms with Crippen LogP contribution in [-0.4, -0.2) is 59.3 Å². The summed E-state index contributed by atoms with van der Waals surface area (Å²) >= 11 is 0. The Balaban J connectivity index is 2.12. The average Bonchev–Trinajstić information content (AvgIpc) is 2.88. The molecule has 1 amide bonds. The van der Waals surface area contributed by atoms with Crippen LogP contribution in [0.5, 0.6) is 5.75 Å². The second kappa shape index (κ2) is 7.12. The Labute approximate surface area is 139 Å². The lowest BCUT2D eigenvalue weighted by molar-refractivity contribution is -0.390. The van der Waals surface area contributed by atoms with Crippen molar-refractivity contribution in [2.24, 2.45) is 0 Å². The standard InChI is InChI=1S/C14H19N3O6S/c1-3-16(11-6-8-24(21,22)9-11)14(18)10(2)23-12-5-4-7-15-13(12)17(19)20/h4-5,7,10-11H,3,6,8-9H2,1-2H3. The number of amides is 1. The fourth-order valence-electron chi connectivity index (χ4n) is 2.70. The van der Waals surface area contributed by atoms with E-state index in [9.17, 15) is 23.3 Å². The van der Waals surface area contributed by atoms with Crippen LogP contribution in [0.2, 0.25) is 0 Å². The van der Waals surface area contributed by atoms with Gasteiger partial charge in [0.25, 0.3) is 5.91 Å². The predicted molar refractivity (Wildman–Crippen MR) is 85.4 cm³/mol. The van der Waals surface area contributed by atoms with Crippen molar-refractivity contribution in [3.05, 3.63) is 28.4 Å². The zero-order chi connectivity index (χ0) is 17.9. The van der Waals surface area contributed by atoms with Gasteiger partial charge in [0.15, 0.2) is 15.9 Å². The molecule has 0 aliphatic carbocycles. The molecule has 0 spiro atoms. The van der Waals surface area contributed by atoms with E-state index in [4.69, 9.17) is 4.74 Å². The minimum Gasteiger partial charge on any atom is -0.473 e. The normalized spacial score (nSPS) is 20.3. The maximum Gasteiger partial charge on any atom is 0.406 e. The summed E-state index contributed by atoms with van der Waals surface area (Å²) in [6.45, 7) is 3.56. The third-order valence-electron chi connectivity index (χ3n) is 3.85. The Morgan fingerprint density at radius 3 is 2.83 bits per heavy atom. The fourth-order valence-corrected chi connectivity index (χ4v) is 4.43. The van der Waals surface area contributed by atoms with E-state index in [-0.39, 0.29) is 23.3 Å². The van der Waals surface area contributed by atoms with Crippen LogP contribution in [0.1, 0.15) is 20.3 Å². The number of rotatable bonds is 6. The molecule has 1 saturated heterocycles. The summed E-state index contributed by atoms with van der Waals surface area (Å²) in [6, 6.07) is 2.45. The highest BCUT2D eigenvalue weighted by Crippen LogP contribution is 2.25. The Kier molecular flexibility index (Phi) is 5.37. The summed E-state index contributed by atoms with van der Waals surface area (Å²) in [5, 5.41) is 10.9. The third-order valence-corrected chi connectivity index (χ3v) is 5.60. The van der Waals surface area contributed by atoms with Crippen molar-refractivity contribution < 1.29 is 22.9 Å². The van der Waals surface area contributed by atoms with E-state index < -0.39 is 32.6 Å². The van der Waals surface area contributed by atoms with E-state index in [0.29, 0.717) is 13.0 Å². The first-order valence-electron chi connectivity index (χ1n) is 7.52. The Morgan fingerprint density at radius 2 is 2.29 bits per heavy atom. The molecule has 0 saturated carbocycles. The molecule has 1 aromatic rings. The molecule has 132 valence electrons. The van der Waals surface area contributed by atoms with Crippen molar-refractivity contribution in [1.29, 1.82) is 0 Å². The number of carbonyl (C=O) groups is 1. The summed E-state index contributed by atoms with van der Waals surface area (Å²) in [6.07, 6.45) is 0.664. The highest BCUT2D eigenvalue weighted by molar-refractivity contribution is 7.91. The number of nitrogens with zero attached hydrogens (tertiary/aromatic N) is 3. The molecule has 1 fully saturated rings. The molecule has 0 aromatic carbocycles. The molecule has 24 heavy (non-hydrogen) atoms. The van der Waals surface area contributed by atoms with Crippen molar-refractivity contribution in [2.75, 3.05) is 18.1 Å². The van der Waals surface area contributed by atoms with Crippen molar-refractivity contribution in [2.45, 2.75) is 32.4 Å². The zero-order valence-electron chi connectivity index (χ0n) is 13.4. The van der Waals surface area contributed by atoms with Gasteiger partial charge in [-0.2, -0.15) is 0 Å². The van der Waals surface area contributed by atoms with Gasteiger partial charge >= 0.3 is 5.82 Å². The zero-order valence-corrected chi connectivity index (χ0v) is 14.2. The number of pyridine rings is 1. The minimum absolute atomic E-state index is 0.0603. The van der Waals surface area contributed by atoms with E-state index >= 15 is 0 Å². The van der Waals surface area contributed by atoms with Crippen molar-refractivity contribution in [3.63, 3.8) is 0 Å². The van der Waals surface area contributed by atoms with Crippen LogP contribution in [-0.2, 0) is 14.6 Å². The molecule has 1 aliphatic rings. The summed E-state index contributed by atoms with van der Waals surface area (Å²) in [5.74, 6) is -0.975. The molecular formula is C14H19N3O6S. The van der Waals surface area contributed by atoms with Crippen LogP contribution in [0, 0.1) is 10.1 Å². The Bertz CT molecular complexity index is 736. The third kappa shape index (κ3) is 3.99. The molecule has 0 bridgehead atoms. The molecule has 10 heteroatoms. The second-order valence-electron chi connectivity index (χ2n) is 5.52. The predicted octanol–water partition coefficient (Wildman–Crippen LogP) is 0.793. The van der Waals surface area contributed by atoms with E-state index in [0.717, 1.165) is 0 Å². The SMILES string of the molecule is CCN(C(=O)C(C)Oc1cccnc1[N+](=O)[O-])C1CCS(=O)(=O)C1. The lowest BCUT2D eigenvalue weighted by Crippen LogP contribution is -2.46. The number of hydrogen-bond acceptors (Lipinski definition) is 7. The van der Waals surface area contributed by atoms with Crippen LogP contribution < -0.4 is 4.74 Å². The summed E-state index contributed by atoms with van der Waals surface area (Å²) in [5.41, 5.74) is 0. The van der Waals surface area contributed by atoms with Crippen LogP contribution in [0.15, 0.2) is 18.3 Å². The average molecular weight is 357 g/mol. The maximum atomic E-state index is 12.6. The van der Waals surface area contributed by atoms with Gasteiger partial charge in [0.2, 0.25) is 5.75 Å². The molecule has 2 heterocycles. The van der Waals surface area contributed by atoms with Gasteiger partial charge in [0.1, 0.15) is 6.20 Å². The van der Waals surface area contributed by atoms with Crippen molar-refractivity contribution >= 4 is 21.6 Å². The number of ether oxygens (including phenoxy) is 1. The van der Waals surface area contributed by atoms with E-state index in [1.165, 1.54) is 30.2 Å². The molecule has 9 nitrogen and oxygen atoms in total. The van der Waals surface area contributed by atoms with Crippen LogP contribution in [0.3, 0.4) is 0 Å². The molecule has 0 radical (unpaired) electrons. The first-order chi connectivity index (χ1) is 11.2. The summed E-state index contributed by atoms with van der Waals surface area (Å²) < 4.78 is 28.6. The first-order valence-corrected chi connectivity index (χ1v) is 9.34. The molecular weight excluding hydrogens is 338 g/mol. The van der Waals surface area contributed by atoms with Gasteiger partial charge in [-0.1, -0.05) is 0 Å². The summed E-state index contributed by atoms with van der Waals surface area (Å²) in [7, 11) is -3.12. The van der Waals surface area contributed by atoms with Crippen LogP contribution in [0.25, 0.3) is 0 Å². The molecule has 1 aliphatic heterocycles. The fraction of sp³-hybridized carbons (Fsp3) is 0.571. The molecule has 2 atom stereocenters. The van der Waals surface area contributed by atoms with Crippen LogP contribution >= 0.6 is 0 Å². The number of nitro groups is 1. The second-order valence-corrected chi connectivity index (χ2v) is 7.75. The lowest BCUT2D eigenvalue weighted by Gasteiger charge is -2.29. The van der Waals surface area contributed by atoms with E-state index in [1.807, 2.05) is 0 Å². The lowest BCUT2D eigenvalue weighted by atomic mass is 10.2. The van der Waals surface area contributed by atoms with Gasteiger partial charge < -0.3 is 19.8 Å². The smallest absolute Gasteiger partial charge is 0.406 e. The quantitative estimate of drug-likeness (QED) is 0.545. The summed E-state index contributed by atoms with van der Waals surface area (Å²) in [4.78, 5) is 27.9. The van der Waals surface area contributed by atoms with Gasteiger partial charge in [0, 0.05) is 12.6 Å². The Morgan fingerprint density at radius 1 is 1.58 bits per heavy atom. The first kappa shape index (κ1) is 18.1. The highest BCUT2D eigenvalue weighted by atomic mass is 32.2. The molecule has 1 aromatic heterocycles. The number of likely N-dealkylation sites (N-methyl/N-ethyl adjacent to an activating group) is 1. The van der Waals surface area contributed by atoms with Gasteiger partial charge in [0.05, 0.1) is 11.5 Å². The van der Waals surface area contributed by atoms with Gasteiger partial charge in [-0.05, 0) is 42.3 Å². The molecule has 2 rings (SSSR count). The van der Waals surface area contributed by atoms with Gasteiger partial charge in [-0.3, -0.25) is 4.79 Å². The van der Waals surface area contributed by atoms with E-state index in [1.54, 1.807) is 6.92 Å². The van der Waals surface area contributed by atoms with Gasteiger partial charge in [-0.15, -0.1) is 0 Å². The van der Waals surface area contributed by atoms with Crippen LogP contribution in [0.4, 0.5) is 5.82 Å². The van der Waals surface area contributed by atoms with Gasteiger partial charge in [-0.25, -0.2) is 8.42 Å². The van der Waals surface area contributed by atoms with Crippen molar-refractivity contribution in [1.82, 2.24) is 9.88 Å². The van der Waals surface area contributed by atoms with Crippen molar-refractivity contribution in [3.8, 4) is 5.75 Å². The highest BCUT2D eigenvalue weighted by Gasteiger charge is 2.36. The topological polar surface area (TPSA) is 120 Å². The minimum atomic E-state index is -3.12. The Hall–Kier alpha value is -2.23. The maximum absolute atomic E-state index is 12.6. The number of aromatic nitrogens is 1. The number of carbonyl (C=O) groups excluding carboxylic acids is 1.